The van der Waals surface area contributed by atoms with E-state index in [-0.39, 0.29) is 59.1 Å². The molecular formula is C23H21F3N6O3. The lowest BCUT2D eigenvalue weighted by Gasteiger charge is -2.16. The van der Waals surface area contributed by atoms with Crippen LogP contribution in [0.3, 0.4) is 0 Å². The van der Waals surface area contributed by atoms with Gasteiger partial charge < -0.3 is 21.1 Å². The second kappa shape index (κ2) is 8.08. The summed E-state index contributed by atoms with van der Waals surface area (Å²) in [4.78, 5) is 31.2. The molecule has 2 aromatic heterocycles. The van der Waals surface area contributed by atoms with Crippen molar-refractivity contribution in [1.82, 2.24) is 24.8 Å². The van der Waals surface area contributed by atoms with Gasteiger partial charge >= 0.3 is 6.18 Å². The third-order valence-corrected chi connectivity index (χ3v) is 6.16. The summed E-state index contributed by atoms with van der Waals surface area (Å²) in [5.74, 6) is -1.39. The summed E-state index contributed by atoms with van der Waals surface area (Å²) in [6, 6.07) is 3.89. The lowest BCUT2D eigenvalue weighted by molar-refractivity contribution is -0.137. The van der Waals surface area contributed by atoms with Gasteiger partial charge in [0.05, 0.1) is 30.0 Å². The molecule has 1 fully saturated rings. The third kappa shape index (κ3) is 3.89. The van der Waals surface area contributed by atoms with Crippen LogP contribution in [0.2, 0.25) is 0 Å². The lowest BCUT2D eigenvalue weighted by Crippen LogP contribution is -2.27. The van der Waals surface area contributed by atoms with Crippen molar-refractivity contribution in [2.75, 3.05) is 18.9 Å². The Morgan fingerprint density at radius 1 is 1.29 bits per heavy atom. The summed E-state index contributed by atoms with van der Waals surface area (Å²) in [5.41, 5.74) is 6.83. The number of anilines is 1. The first-order valence-electron chi connectivity index (χ1n) is 10.9. The number of carbonyl (C=O) groups is 2. The SMILES string of the molecule is CC(=C1CC1)N1Cc2cc(-c3ccn4nc(N)c(C(=O)NCCO)c4n3)cc(C(F)(F)F)c2C1=O. The van der Waals surface area contributed by atoms with Crippen LogP contribution in [-0.4, -0.2) is 49.6 Å². The van der Waals surface area contributed by atoms with Gasteiger partial charge in [0.2, 0.25) is 0 Å². The predicted octanol–water partition coefficient (Wildman–Crippen LogP) is 2.74. The number of alkyl halides is 3. The molecule has 0 saturated heterocycles. The smallest absolute Gasteiger partial charge is 0.395 e. The van der Waals surface area contributed by atoms with Crippen LogP contribution in [-0.2, 0) is 12.7 Å². The summed E-state index contributed by atoms with van der Waals surface area (Å²) in [7, 11) is 0. The molecule has 3 heterocycles. The van der Waals surface area contributed by atoms with Crippen molar-refractivity contribution in [2.24, 2.45) is 0 Å². The van der Waals surface area contributed by atoms with Gasteiger partial charge in [-0.15, -0.1) is 5.10 Å². The molecule has 1 saturated carbocycles. The number of aliphatic hydroxyl groups excluding tert-OH is 1. The number of nitrogens with one attached hydrogen (secondary N) is 1. The Balaban J connectivity index is 1.63. The second-order valence-corrected chi connectivity index (χ2v) is 8.46. The van der Waals surface area contributed by atoms with Crippen molar-refractivity contribution >= 4 is 23.3 Å². The number of nitrogens with two attached hydrogens (primary N) is 1. The van der Waals surface area contributed by atoms with Gasteiger partial charge in [0.25, 0.3) is 11.8 Å². The molecule has 0 radical (unpaired) electrons. The highest BCUT2D eigenvalue weighted by Crippen LogP contribution is 2.42. The number of halogens is 3. The molecule has 9 nitrogen and oxygen atoms in total. The van der Waals surface area contributed by atoms with E-state index in [1.807, 2.05) is 0 Å². The van der Waals surface area contributed by atoms with Crippen molar-refractivity contribution in [3.8, 4) is 11.3 Å². The minimum absolute atomic E-state index is 0.0187. The first-order chi connectivity index (χ1) is 16.6. The lowest BCUT2D eigenvalue weighted by atomic mass is 9.97. The van der Waals surface area contributed by atoms with Gasteiger partial charge in [0.15, 0.2) is 11.5 Å². The van der Waals surface area contributed by atoms with Crippen LogP contribution in [0.15, 0.2) is 35.7 Å². The van der Waals surface area contributed by atoms with Gasteiger partial charge in [0.1, 0.15) is 5.56 Å². The second-order valence-electron chi connectivity index (χ2n) is 8.46. The number of allylic oxidation sites excluding steroid dienone is 2. The Bertz CT molecular complexity index is 1420. The molecular weight excluding hydrogens is 465 g/mol. The van der Waals surface area contributed by atoms with Crippen molar-refractivity contribution in [1.29, 1.82) is 0 Å². The Kier molecular flexibility index (Phi) is 5.28. The van der Waals surface area contributed by atoms with Crippen LogP contribution in [0.1, 0.15) is 51.6 Å². The topological polar surface area (TPSA) is 126 Å². The van der Waals surface area contributed by atoms with E-state index in [1.54, 1.807) is 6.92 Å². The molecule has 0 spiro atoms. The fourth-order valence-electron chi connectivity index (χ4n) is 4.30. The van der Waals surface area contributed by atoms with E-state index in [0.29, 0.717) is 5.70 Å². The van der Waals surface area contributed by atoms with Crippen LogP contribution < -0.4 is 11.1 Å². The fourth-order valence-corrected chi connectivity index (χ4v) is 4.30. The van der Waals surface area contributed by atoms with Gasteiger partial charge in [-0.2, -0.15) is 13.2 Å². The van der Waals surface area contributed by atoms with Gasteiger partial charge in [-0.25, -0.2) is 9.50 Å². The third-order valence-electron chi connectivity index (χ3n) is 6.16. The number of rotatable bonds is 5. The number of aliphatic hydroxyl groups is 1. The average Bonchev–Trinajstić information content (AvgIpc) is 3.53. The van der Waals surface area contributed by atoms with E-state index in [0.717, 1.165) is 24.5 Å². The molecule has 4 N–H and O–H groups in total. The van der Waals surface area contributed by atoms with Gasteiger partial charge in [-0.05, 0) is 43.5 Å². The zero-order valence-corrected chi connectivity index (χ0v) is 18.6. The summed E-state index contributed by atoms with van der Waals surface area (Å²) in [5, 5.41) is 15.4. The molecule has 1 aliphatic heterocycles. The number of hydrogen-bond acceptors (Lipinski definition) is 6. The van der Waals surface area contributed by atoms with E-state index in [2.05, 4.69) is 15.4 Å². The molecule has 3 aromatic rings. The average molecular weight is 486 g/mol. The number of carbonyl (C=O) groups excluding carboxylic acids is 2. The Labute approximate surface area is 197 Å². The quantitative estimate of drug-likeness (QED) is 0.509. The zero-order chi connectivity index (χ0) is 25.1. The number of amides is 2. The van der Waals surface area contributed by atoms with Gasteiger partial charge in [-0.3, -0.25) is 9.59 Å². The summed E-state index contributed by atoms with van der Waals surface area (Å²) in [6.45, 7) is 1.49. The van der Waals surface area contributed by atoms with Crippen molar-refractivity contribution < 1.29 is 27.9 Å². The predicted molar refractivity (Wildman–Crippen MR) is 119 cm³/mol. The molecule has 0 bridgehead atoms. The summed E-state index contributed by atoms with van der Waals surface area (Å²) in [6.07, 6.45) is -1.63. The number of nitrogens with zero attached hydrogens (tertiary/aromatic N) is 4. The van der Waals surface area contributed by atoms with Crippen LogP contribution >= 0.6 is 0 Å². The molecule has 1 aliphatic carbocycles. The highest BCUT2D eigenvalue weighted by Gasteiger charge is 2.42. The number of aromatic nitrogens is 3. The molecule has 1 aromatic carbocycles. The monoisotopic (exact) mass is 486 g/mol. The maximum atomic E-state index is 14.0. The highest BCUT2D eigenvalue weighted by molar-refractivity contribution is 6.04. The van der Waals surface area contributed by atoms with E-state index in [4.69, 9.17) is 10.8 Å². The minimum Gasteiger partial charge on any atom is -0.395 e. The van der Waals surface area contributed by atoms with E-state index in [1.165, 1.54) is 27.7 Å². The van der Waals surface area contributed by atoms with Crippen molar-refractivity contribution in [3.63, 3.8) is 0 Å². The van der Waals surface area contributed by atoms with Crippen molar-refractivity contribution in [2.45, 2.75) is 32.5 Å². The molecule has 35 heavy (non-hydrogen) atoms. The molecule has 12 heteroatoms. The van der Waals surface area contributed by atoms with E-state index in [9.17, 15) is 22.8 Å². The molecule has 0 atom stereocenters. The maximum absolute atomic E-state index is 14.0. The van der Waals surface area contributed by atoms with Gasteiger partial charge in [-0.1, -0.05) is 5.57 Å². The van der Waals surface area contributed by atoms with Crippen molar-refractivity contribution in [3.05, 3.63) is 57.9 Å². The minimum atomic E-state index is -4.76. The Morgan fingerprint density at radius 2 is 2.03 bits per heavy atom. The van der Waals surface area contributed by atoms with Crippen LogP contribution in [0.4, 0.5) is 19.0 Å². The normalized spacial score (nSPS) is 15.1. The van der Waals surface area contributed by atoms with E-state index >= 15 is 0 Å². The zero-order valence-electron chi connectivity index (χ0n) is 18.6. The Hall–Kier alpha value is -3.93. The van der Waals surface area contributed by atoms with Crippen LogP contribution in [0, 0.1) is 0 Å². The first-order valence-corrected chi connectivity index (χ1v) is 10.9. The van der Waals surface area contributed by atoms with E-state index < -0.39 is 23.6 Å². The number of fused-ring (bicyclic) bond motifs is 2. The molecule has 182 valence electrons. The fraction of sp³-hybridized carbons (Fsp3) is 0.304. The van der Waals surface area contributed by atoms with Crippen LogP contribution in [0.25, 0.3) is 16.9 Å². The summed E-state index contributed by atoms with van der Waals surface area (Å²) >= 11 is 0. The molecule has 2 aliphatic rings. The molecule has 0 unspecified atom stereocenters. The Morgan fingerprint density at radius 3 is 2.69 bits per heavy atom. The largest absolute Gasteiger partial charge is 0.417 e. The van der Waals surface area contributed by atoms with Crippen LogP contribution in [0.5, 0.6) is 0 Å². The number of nitrogen functional groups attached to an aromatic ring is 1. The molecule has 5 rings (SSSR count). The summed E-state index contributed by atoms with van der Waals surface area (Å²) < 4.78 is 43.4. The highest BCUT2D eigenvalue weighted by atomic mass is 19.4. The number of hydrogen-bond donors (Lipinski definition) is 3. The van der Waals surface area contributed by atoms with Gasteiger partial charge in [0, 0.05) is 24.0 Å². The standard InChI is InChI=1S/C23H21F3N6O3/c1-11(12-2-3-12)31-10-14-8-13(9-15(23(24,25)26)17(14)22(31)35)16-4-6-32-20(29-16)18(19(27)30-32)21(34)28-5-7-33/h4,6,8-9,33H,2-3,5,7,10H2,1H3,(H2,27,30)(H,28,34). The first kappa shape index (κ1) is 22.8. The molecule has 2 amide bonds. The number of benzene rings is 1. The maximum Gasteiger partial charge on any atom is 0.417 e.